The molecule has 0 amide bonds. The van der Waals surface area contributed by atoms with Crippen LogP contribution in [0.3, 0.4) is 0 Å². The molecule has 0 aromatic rings. The first-order chi connectivity index (χ1) is 10.5. The fourth-order valence-corrected chi connectivity index (χ4v) is 6.56. The van der Waals surface area contributed by atoms with Crippen molar-refractivity contribution in [1.29, 1.82) is 0 Å². The molecular formula is C21H30O. The van der Waals surface area contributed by atoms with Crippen LogP contribution in [0, 0.1) is 28.6 Å². The highest BCUT2D eigenvalue weighted by molar-refractivity contribution is 5.34. The smallest absolute Gasteiger partial charge is 0.0577 e. The van der Waals surface area contributed by atoms with E-state index in [1.165, 1.54) is 37.7 Å². The average molecular weight is 298 g/mol. The van der Waals surface area contributed by atoms with Crippen molar-refractivity contribution in [2.24, 2.45) is 28.6 Å². The summed E-state index contributed by atoms with van der Waals surface area (Å²) in [4.78, 5) is 0. The van der Waals surface area contributed by atoms with E-state index in [0.717, 1.165) is 30.6 Å². The Bertz CT molecular complexity index is 556. The highest BCUT2D eigenvalue weighted by Crippen LogP contribution is 2.64. The molecule has 1 nitrogen and oxygen atoms in total. The number of allylic oxidation sites excluding steroid dienone is 4. The first kappa shape index (κ1) is 14.8. The van der Waals surface area contributed by atoms with Gasteiger partial charge in [0.15, 0.2) is 0 Å². The van der Waals surface area contributed by atoms with Crippen molar-refractivity contribution in [3.8, 4) is 0 Å². The summed E-state index contributed by atoms with van der Waals surface area (Å²) in [5.74, 6) is 2.47. The van der Waals surface area contributed by atoms with E-state index in [1.54, 1.807) is 5.57 Å². The van der Waals surface area contributed by atoms with E-state index >= 15 is 0 Å². The molecule has 4 aliphatic rings. The van der Waals surface area contributed by atoms with Gasteiger partial charge in [0.05, 0.1) is 6.10 Å². The number of fused-ring (bicyclic) bond motifs is 5. The van der Waals surface area contributed by atoms with Crippen molar-refractivity contribution in [2.45, 2.75) is 64.9 Å². The Morgan fingerprint density at radius 3 is 2.64 bits per heavy atom. The zero-order valence-electron chi connectivity index (χ0n) is 14.1. The van der Waals surface area contributed by atoms with Crippen LogP contribution in [-0.4, -0.2) is 11.2 Å². The second kappa shape index (κ2) is 4.84. The van der Waals surface area contributed by atoms with E-state index in [-0.39, 0.29) is 6.10 Å². The third kappa shape index (κ3) is 1.81. The number of hydrogen-bond donors (Lipinski definition) is 1. The maximum absolute atomic E-state index is 10.1. The predicted octanol–water partition coefficient (Wildman–Crippen LogP) is 5.03. The summed E-state index contributed by atoms with van der Waals surface area (Å²) in [6.07, 6.45) is 15.3. The molecule has 1 heteroatoms. The van der Waals surface area contributed by atoms with Crippen molar-refractivity contribution < 1.29 is 5.11 Å². The van der Waals surface area contributed by atoms with Crippen LogP contribution in [0.25, 0.3) is 0 Å². The molecule has 22 heavy (non-hydrogen) atoms. The number of aliphatic hydroxyl groups excluding tert-OH is 1. The van der Waals surface area contributed by atoms with Gasteiger partial charge in [-0.3, -0.25) is 0 Å². The van der Waals surface area contributed by atoms with Crippen LogP contribution in [0.1, 0.15) is 58.8 Å². The molecule has 1 N–H and O–H groups in total. The standard InChI is InChI=1S/C21H30O/c1-4-14-6-8-18-17-7-5-15-13-16(22)9-11-21(15,3)19(17)10-12-20(14,18)2/h4-6,16-19,22H,1,7-13H2,2-3H3/t16?,17?,18?,19?,20?,21-/m0/s1. The Hall–Kier alpha value is -0.820. The van der Waals surface area contributed by atoms with E-state index in [4.69, 9.17) is 0 Å². The van der Waals surface area contributed by atoms with Gasteiger partial charge < -0.3 is 5.11 Å². The van der Waals surface area contributed by atoms with Crippen molar-refractivity contribution in [2.75, 3.05) is 0 Å². The van der Waals surface area contributed by atoms with Gasteiger partial charge in [-0.1, -0.05) is 44.2 Å². The van der Waals surface area contributed by atoms with Gasteiger partial charge in [-0.15, -0.1) is 0 Å². The topological polar surface area (TPSA) is 20.2 Å². The van der Waals surface area contributed by atoms with Gasteiger partial charge in [0.25, 0.3) is 0 Å². The van der Waals surface area contributed by atoms with Gasteiger partial charge in [0.1, 0.15) is 0 Å². The lowest BCUT2D eigenvalue weighted by Gasteiger charge is -2.57. The van der Waals surface area contributed by atoms with Crippen LogP contribution in [-0.2, 0) is 0 Å². The van der Waals surface area contributed by atoms with Crippen LogP contribution in [0.5, 0.6) is 0 Å². The summed E-state index contributed by atoms with van der Waals surface area (Å²) in [6.45, 7) is 9.05. The van der Waals surface area contributed by atoms with Gasteiger partial charge in [-0.05, 0) is 79.1 Å². The van der Waals surface area contributed by atoms with Crippen LogP contribution in [0.2, 0.25) is 0 Å². The summed E-state index contributed by atoms with van der Waals surface area (Å²) in [5, 5.41) is 10.1. The fraction of sp³-hybridized carbons (Fsp3) is 0.714. The minimum absolute atomic E-state index is 0.0924. The quantitative estimate of drug-likeness (QED) is 0.673. The third-order valence-corrected chi connectivity index (χ3v) is 7.94. The second-order valence-corrected chi connectivity index (χ2v) is 8.71. The lowest BCUT2D eigenvalue weighted by Crippen LogP contribution is -2.49. The number of hydrogen-bond acceptors (Lipinski definition) is 1. The Morgan fingerprint density at radius 2 is 1.86 bits per heavy atom. The van der Waals surface area contributed by atoms with E-state index in [2.05, 4.69) is 38.7 Å². The van der Waals surface area contributed by atoms with Crippen molar-refractivity contribution >= 4 is 0 Å². The SMILES string of the molecule is C=CC1=CCC2C3CC=C4CC(O)CC[C@]4(C)C3CCC12C. The largest absolute Gasteiger partial charge is 0.393 e. The van der Waals surface area contributed by atoms with Crippen LogP contribution in [0.4, 0.5) is 0 Å². The van der Waals surface area contributed by atoms with Gasteiger partial charge in [0, 0.05) is 0 Å². The van der Waals surface area contributed by atoms with Crippen LogP contribution in [0.15, 0.2) is 36.0 Å². The summed E-state index contributed by atoms with van der Waals surface area (Å²) in [6, 6.07) is 0. The van der Waals surface area contributed by atoms with Gasteiger partial charge in [-0.2, -0.15) is 0 Å². The molecule has 0 spiro atoms. The van der Waals surface area contributed by atoms with Crippen molar-refractivity contribution in [3.05, 3.63) is 36.0 Å². The maximum atomic E-state index is 10.1. The molecule has 0 bridgehead atoms. The van der Waals surface area contributed by atoms with Crippen LogP contribution >= 0.6 is 0 Å². The van der Waals surface area contributed by atoms with Crippen molar-refractivity contribution in [3.63, 3.8) is 0 Å². The van der Waals surface area contributed by atoms with Gasteiger partial charge in [-0.25, -0.2) is 0 Å². The second-order valence-electron chi connectivity index (χ2n) is 8.71. The number of rotatable bonds is 1. The van der Waals surface area contributed by atoms with E-state index in [9.17, 15) is 5.11 Å². The molecule has 2 saturated carbocycles. The van der Waals surface area contributed by atoms with Crippen molar-refractivity contribution in [1.82, 2.24) is 0 Å². The normalized spacial score (nSPS) is 50.3. The molecule has 0 aliphatic heterocycles. The Labute approximate surface area is 135 Å². The van der Waals surface area contributed by atoms with E-state index in [0.29, 0.717) is 10.8 Å². The Kier molecular flexibility index (Phi) is 3.24. The zero-order valence-corrected chi connectivity index (χ0v) is 14.1. The molecule has 4 rings (SSSR count). The van der Waals surface area contributed by atoms with E-state index in [1.807, 2.05) is 0 Å². The third-order valence-electron chi connectivity index (χ3n) is 7.94. The lowest BCUT2D eigenvalue weighted by atomic mass is 9.47. The molecule has 6 atom stereocenters. The molecule has 2 fully saturated rings. The summed E-state index contributed by atoms with van der Waals surface area (Å²) in [7, 11) is 0. The Balaban J connectivity index is 1.68. The first-order valence-corrected chi connectivity index (χ1v) is 9.19. The highest BCUT2D eigenvalue weighted by atomic mass is 16.3. The summed E-state index contributed by atoms with van der Waals surface area (Å²) < 4.78 is 0. The molecule has 0 radical (unpaired) electrons. The molecule has 120 valence electrons. The zero-order chi connectivity index (χ0) is 15.5. The monoisotopic (exact) mass is 298 g/mol. The predicted molar refractivity (Wildman–Crippen MR) is 91.4 cm³/mol. The number of aliphatic hydroxyl groups is 1. The molecule has 0 aromatic heterocycles. The Morgan fingerprint density at radius 1 is 1.09 bits per heavy atom. The van der Waals surface area contributed by atoms with Crippen LogP contribution < -0.4 is 0 Å². The molecule has 0 saturated heterocycles. The molecule has 0 aromatic carbocycles. The van der Waals surface area contributed by atoms with Gasteiger partial charge >= 0.3 is 0 Å². The average Bonchev–Trinajstić information content (AvgIpc) is 2.84. The highest BCUT2D eigenvalue weighted by Gasteiger charge is 2.56. The lowest BCUT2D eigenvalue weighted by molar-refractivity contribution is -0.0284. The molecule has 5 unspecified atom stereocenters. The van der Waals surface area contributed by atoms with Gasteiger partial charge in [0.2, 0.25) is 0 Å². The molecular weight excluding hydrogens is 268 g/mol. The van der Waals surface area contributed by atoms with E-state index < -0.39 is 0 Å². The minimum atomic E-state index is -0.0924. The first-order valence-electron chi connectivity index (χ1n) is 9.19. The molecule has 0 heterocycles. The fourth-order valence-electron chi connectivity index (χ4n) is 6.56. The molecule has 4 aliphatic carbocycles. The summed E-state index contributed by atoms with van der Waals surface area (Å²) in [5.41, 5.74) is 3.82. The maximum Gasteiger partial charge on any atom is 0.0577 e. The minimum Gasteiger partial charge on any atom is -0.393 e. The summed E-state index contributed by atoms with van der Waals surface area (Å²) >= 11 is 0.